The standard InChI is InChI=1S/C13H24N4O/c1-4-15-13(18)5-7-17-8-6-16-12(17)10-14-9-11(2)3/h6,8,11,14H,4-5,7,9-10H2,1-3H3,(H,15,18). The van der Waals surface area contributed by atoms with Crippen molar-refractivity contribution in [2.75, 3.05) is 13.1 Å². The van der Waals surface area contributed by atoms with E-state index in [0.29, 0.717) is 25.4 Å². The third-order valence-electron chi connectivity index (χ3n) is 2.59. The average Bonchev–Trinajstić information content (AvgIpc) is 2.74. The zero-order valence-corrected chi connectivity index (χ0v) is 11.6. The van der Waals surface area contributed by atoms with Crippen LogP contribution in [0.3, 0.4) is 0 Å². The molecule has 0 unspecified atom stereocenters. The zero-order chi connectivity index (χ0) is 13.4. The lowest BCUT2D eigenvalue weighted by molar-refractivity contribution is -0.121. The van der Waals surface area contributed by atoms with E-state index in [2.05, 4.69) is 29.5 Å². The summed E-state index contributed by atoms with van der Waals surface area (Å²) in [6.45, 7) is 9.37. The van der Waals surface area contributed by atoms with Gasteiger partial charge in [0.2, 0.25) is 5.91 Å². The third kappa shape index (κ3) is 5.31. The van der Waals surface area contributed by atoms with Crippen LogP contribution in [0.5, 0.6) is 0 Å². The van der Waals surface area contributed by atoms with Crippen molar-refractivity contribution in [1.82, 2.24) is 20.2 Å². The van der Waals surface area contributed by atoms with E-state index in [4.69, 9.17) is 0 Å². The highest BCUT2D eigenvalue weighted by Gasteiger charge is 2.05. The molecule has 2 N–H and O–H groups in total. The topological polar surface area (TPSA) is 59.0 Å². The fourth-order valence-corrected chi connectivity index (χ4v) is 1.69. The lowest BCUT2D eigenvalue weighted by Crippen LogP contribution is -2.25. The highest BCUT2D eigenvalue weighted by Crippen LogP contribution is 2.00. The highest BCUT2D eigenvalue weighted by molar-refractivity contribution is 5.75. The molecule has 1 rings (SSSR count). The number of hydrogen-bond acceptors (Lipinski definition) is 3. The quantitative estimate of drug-likeness (QED) is 0.730. The van der Waals surface area contributed by atoms with Crippen molar-refractivity contribution >= 4 is 5.91 Å². The highest BCUT2D eigenvalue weighted by atomic mass is 16.1. The van der Waals surface area contributed by atoms with Crippen LogP contribution in [0.1, 0.15) is 33.0 Å². The number of hydrogen-bond donors (Lipinski definition) is 2. The molecule has 0 atom stereocenters. The molecule has 18 heavy (non-hydrogen) atoms. The van der Waals surface area contributed by atoms with E-state index in [1.807, 2.05) is 17.7 Å². The summed E-state index contributed by atoms with van der Waals surface area (Å²) in [5.74, 6) is 1.70. The van der Waals surface area contributed by atoms with Crippen LogP contribution in [0.25, 0.3) is 0 Å². The van der Waals surface area contributed by atoms with Crippen molar-refractivity contribution in [2.24, 2.45) is 5.92 Å². The summed E-state index contributed by atoms with van der Waals surface area (Å²) < 4.78 is 2.03. The predicted octanol–water partition coefficient (Wildman–Crippen LogP) is 1.15. The first kappa shape index (κ1) is 14.7. The number of nitrogens with zero attached hydrogens (tertiary/aromatic N) is 2. The second-order valence-electron chi connectivity index (χ2n) is 4.77. The first-order valence-electron chi connectivity index (χ1n) is 6.61. The number of carbonyl (C=O) groups is 1. The van der Waals surface area contributed by atoms with Gasteiger partial charge < -0.3 is 15.2 Å². The second-order valence-corrected chi connectivity index (χ2v) is 4.77. The van der Waals surface area contributed by atoms with Gasteiger partial charge in [0.25, 0.3) is 0 Å². The molecule has 0 bridgehead atoms. The molecule has 0 spiro atoms. The van der Waals surface area contributed by atoms with Crippen molar-refractivity contribution in [3.05, 3.63) is 18.2 Å². The van der Waals surface area contributed by atoms with E-state index < -0.39 is 0 Å². The van der Waals surface area contributed by atoms with Gasteiger partial charge in [0.1, 0.15) is 5.82 Å². The van der Waals surface area contributed by atoms with Crippen LogP contribution in [-0.2, 0) is 17.9 Å². The molecular formula is C13H24N4O. The van der Waals surface area contributed by atoms with E-state index in [0.717, 1.165) is 18.9 Å². The molecule has 0 fully saturated rings. The normalized spacial score (nSPS) is 10.9. The van der Waals surface area contributed by atoms with Crippen molar-refractivity contribution in [3.8, 4) is 0 Å². The summed E-state index contributed by atoms with van der Waals surface area (Å²) in [6, 6.07) is 0. The number of amides is 1. The van der Waals surface area contributed by atoms with Crippen LogP contribution in [0, 0.1) is 5.92 Å². The summed E-state index contributed by atoms with van der Waals surface area (Å²) >= 11 is 0. The molecule has 0 radical (unpaired) electrons. The van der Waals surface area contributed by atoms with Crippen molar-refractivity contribution < 1.29 is 4.79 Å². The predicted molar refractivity (Wildman–Crippen MR) is 72.1 cm³/mol. The number of carbonyl (C=O) groups excluding carboxylic acids is 1. The van der Waals surface area contributed by atoms with Gasteiger partial charge in [-0.1, -0.05) is 13.8 Å². The van der Waals surface area contributed by atoms with Gasteiger partial charge in [-0.15, -0.1) is 0 Å². The van der Waals surface area contributed by atoms with Crippen LogP contribution < -0.4 is 10.6 Å². The molecule has 1 aromatic heterocycles. The van der Waals surface area contributed by atoms with Crippen molar-refractivity contribution in [1.29, 1.82) is 0 Å². The van der Waals surface area contributed by atoms with Crippen molar-refractivity contribution in [2.45, 2.75) is 40.3 Å². The Morgan fingerprint density at radius 2 is 2.28 bits per heavy atom. The maximum atomic E-state index is 11.4. The molecule has 0 aliphatic carbocycles. The molecule has 0 aliphatic heterocycles. The van der Waals surface area contributed by atoms with Crippen LogP contribution in [0.2, 0.25) is 0 Å². The van der Waals surface area contributed by atoms with E-state index in [1.54, 1.807) is 6.20 Å². The number of aromatic nitrogens is 2. The van der Waals surface area contributed by atoms with E-state index in [-0.39, 0.29) is 5.91 Å². The molecule has 0 aromatic carbocycles. The molecular weight excluding hydrogens is 228 g/mol. The van der Waals surface area contributed by atoms with Gasteiger partial charge in [-0.05, 0) is 19.4 Å². The van der Waals surface area contributed by atoms with Gasteiger partial charge in [0.15, 0.2) is 0 Å². The Morgan fingerprint density at radius 1 is 1.50 bits per heavy atom. The monoisotopic (exact) mass is 252 g/mol. The lowest BCUT2D eigenvalue weighted by Gasteiger charge is -2.10. The van der Waals surface area contributed by atoms with E-state index in [1.165, 1.54) is 0 Å². The number of imidazole rings is 1. The summed E-state index contributed by atoms with van der Waals surface area (Å²) in [5, 5.41) is 6.15. The summed E-state index contributed by atoms with van der Waals surface area (Å²) in [5.41, 5.74) is 0. The van der Waals surface area contributed by atoms with Gasteiger partial charge in [0, 0.05) is 31.9 Å². The summed E-state index contributed by atoms with van der Waals surface area (Å²) in [7, 11) is 0. The van der Waals surface area contributed by atoms with Crippen LogP contribution in [-0.4, -0.2) is 28.5 Å². The second kappa shape index (κ2) is 7.87. The Kier molecular flexibility index (Phi) is 6.43. The van der Waals surface area contributed by atoms with Crippen LogP contribution >= 0.6 is 0 Å². The molecule has 102 valence electrons. The molecule has 1 heterocycles. The van der Waals surface area contributed by atoms with E-state index >= 15 is 0 Å². The Balaban J connectivity index is 2.37. The molecule has 5 heteroatoms. The largest absolute Gasteiger partial charge is 0.356 e. The van der Waals surface area contributed by atoms with Crippen LogP contribution in [0.15, 0.2) is 12.4 Å². The number of aryl methyl sites for hydroxylation is 1. The lowest BCUT2D eigenvalue weighted by atomic mass is 10.2. The molecule has 1 amide bonds. The summed E-state index contributed by atoms with van der Waals surface area (Å²) in [4.78, 5) is 15.7. The Hall–Kier alpha value is -1.36. The Bertz CT molecular complexity index is 360. The molecule has 1 aromatic rings. The van der Waals surface area contributed by atoms with Gasteiger partial charge in [-0.3, -0.25) is 4.79 Å². The zero-order valence-electron chi connectivity index (χ0n) is 11.6. The van der Waals surface area contributed by atoms with Gasteiger partial charge in [-0.2, -0.15) is 0 Å². The van der Waals surface area contributed by atoms with Gasteiger partial charge in [-0.25, -0.2) is 4.98 Å². The fraction of sp³-hybridized carbons (Fsp3) is 0.692. The Morgan fingerprint density at radius 3 is 2.94 bits per heavy atom. The van der Waals surface area contributed by atoms with Gasteiger partial charge in [0.05, 0.1) is 6.54 Å². The number of nitrogens with one attached hydrogen (secondary N) is 2. The smallest absolute Gasteiger partial charge is 0.221 e. The maximum Gasteiger partial charge on any atom is 0.221 e. The number of rotatable bonds is 8. The fourth-order valence-electron chi connectivity index (χ4n) is 1.69. The molecule has 0 saturated heterocycles. The van der Waals surface area contributed by atoms with Crippen molar-refractivity contribution in [3.63, 3.8) is 0 Å². The maximum absolute atomic E-state index is 11.4. The minimum atomic E-state index is 0.0901. The SMILES string of the molecule is CCNC(=O)CCn1ccnc1CNCC(C)C. The molecule has 5 nitrogen and oxygen atoms in total. The molecule has 0 aliphatic rings. The first-order valence-corrected chi connectivity index (χ1v) is 6.61. The molecule has 0 saturated carbocycles. The van der Waals surface area contributed by atoms with Crippen LogP contribution in [0.4, 0.5) is 0 Å². The minimum Gasteiger partial charge on any atom is -0.356 e. The van der Waals surface area contributed by atoms with Gasteiger partial charge >= 0.3 is 0 Å². The average molecular weight is 252 g/mol. The summed E-state index contributed by atoms with van der Waals surface area (Å²) in [6.07, 6.45) is 4.21. The Labute approximate surface area is 109 Å². The first-order chi connectivity index (χ1) is 8.63. The third-order valence-corrected chi connectivity index (χ3v) is 2.59. The minimum absolute atomic E-state index is 0.0901. The van der Waals surface area contributed by atoms with E-state index in [9.17, 15) is 4.79 Å².